The van der Waals surface area contributed by atoms with Crippen molar-refractivity contribution in [3.8, 4) is 0 Å². The molecule has 0 saturated carbocycles. The van der Waals surface area contributed by atoms with Crippen molar-refractivity contribution in [3.63, 3.8) is 0 Å². The van der Waals surface area contributed by atoms with Gasteiger partial charge in [0.2, 0.25) is 10.8 Å². The third kappa shape index (κ3) is 1.02. The number of aryl methyl sites for hydroxylation is 1. The van der Waals surface area contributed by atoms with Gasteiger partial charge in [0.15, 0.2) is 6.29 Å². The lowest BCUT2D eigenvalue weighted by molar-refractivity contribution is 0.0689. The molecule has 1 N–H and O–H groups in total. The number of carbonyl (C=O) groups excluding carboxylic acids is 1. The average Bonchev–Trinajstić information content (AvgIpc) is 2.60. The van der Waals surface area contributed by atoms with Gasteiger partial charge in [0.1, 0.15) is 5.69 Å². The number of rotatable bonds is 2. The summed E-state index contributed by atoms with van der Waals surface area (Å²) in [4.78, 5) is 22.5. The highest BCUT2D eigenvalue weighted by atomic mass is 32.1. The topological polar surface area (TPSA) is 84.6 Å². The fourth-order valence-corrected chi connectivity index (χ4v) is 2.13. The molecule has 7 heteroatoms. The van der Waals surface area contributed by atoms with Gasteiger partial charge in [-0.05, 0) is 6.92 Å². The molecule has 0 aliphatic rings. The Morgan fingerprint density at radius 1 is 1.57 bits per heavy atom. The summed E-state index contributed by atoms with van der Waals surface area (Å²) in [6.45, 7) is 1.66. The van der Waals surface area contributed by atoms with Gasteiger partial charge in [-0.25, -0.2) is 4.79 Å². The Labute approximate surface area is 81.8 Å². The van der Waals surface area contributed by atoms with Crippen molar-refractivity contribution < 1.29 is 14.7 Å². The van der Waals surface area contributed by atoms with E-state index in [0.717, 1.165) is 0 Å². The van der Waals surface area contributed by atoms with Gasteiger partial charge in [0.25, 0.3) is 0 Å². The molecule has 0 amide bonds. The summed E-state index contributed by atoms with van der Waals surface area (Å²) in [6.07, 6.45) is 0.485. The second kappa shape index (κ2) is 2.88. The number of aromatic carboxylic acids is 1. The summed E-state index contributed by atoms with van der Waals surface area (Å²) in [5.74, 6) is -1.07. The van der Waals surface area contributed by atoms with Crippen LogP contribution in [0.25, 0.3) is 4.96 Å². The van der Waals surface area contributed by atoms with Crippen LogP contribution in [0.5, 0.6) is 0 Å². The molecule has 0 radical (unpaired) electrons. The van der Waals surface area contributed by atoms with Gasteiger partial charge in [-0.3, -0.25) is 9.20 Å². The first kappa shape index (κ1) is 8.82. The summed E-state index contributed by atoms with van der Waals surface area (Å²) in [5.41, 5.74) is 0.0529. The molecule has 2 aromatic heterocycles. The van der Waals surface area contributed by atoms with E-state index in [1.807, 2.05) is 0 Å². The second-order valence-electron chi connectivity index (χ2n) is 2.61. The molecule has 0 spiro atoms. The number of carbonyl (C=O) groups is 2. The lowest BCUT2D eigenvalue weighted by Gasteiger charge is -1.93. The second-order valence-corrected chi connectivity index (χ2v) is 3.79. The highest BCUT2D eigenvalue weighted by Gasteiger charge is 2.19. The molecule has 0 aliphatic carbocycles. The minimum Gasteiger partial charge on any atom is -0.477 e. The van der Waals surface area contributed by atoms with Crippen molar-refractivity contribution in [2.24, 2.45) is 0 Å². The van der Waals surface area contributed by atoms with Crippen molar-refractivity contribution in [2.45, 2.75) is 6.92 Å². The van der Waals surface area contributed by atoms with Gasteiger partial charge >= 0.3 is 5.97 Å². The molecule has 2 rings (SSSR count). The van der Waals surface area contributed by atoms with Crippen molar-refractivity contribution in [1.82, 2.24) is 14.6 Å². The van der Waals surface area contributed by atoms with Gasteiger partial charge < -0.3 is 5.11 Å². The highest BCUT2D eigenvalue weighted by molar-refractivity contribution is 7.17. The molecule has 72 valence electrons. The third-order valence-corrected chi connectivity index (χ3v) is 2.71. The zero-order valence-corrected chi connectivity index (χ0v) is 7.91. The number of hydrogen-bond donors (Lipinski definition) is 1. The van der Waals surface area contributed by atoms with Crippen molar-refractivity contribution in [1.29, 1.82) is 0 Å². The van der Waals surface area contributed by atoms with Gasteiger partial charge in [-0.15, -0.1) is 10.2 Å². The first-order valence-corrected chi connectivity index (χ1v) is 4.49. The minimum absolute atomic E-state index is 0.0155. The normalized spacial score (nSPS) is 10.6. The van der Waals surface area contributed by atoms with Crippen LogP contribution < -0.4 is 0 Å². The molecule has 14 heavy (non-hydrogen) atoms. The molecule has 6 nitrogen and oxygen atoms in total. The number of carboxylic acid groups (broad SMARTS) is 1. The maximum Gasteiger partial charge on any atom is 0.354 e. The van der Waals surface area contributed by atoms with Crippen molar-refractivity contribution in [2.75, 3.05) is 0 Å². The van der Waals surface area contributed by atoms with Crippen LogP contribution in [0.1, 0.15) is 26.0 Å². The van der Waals surface area contributed by atoms with E-state index in [0.29, 0.717) is 16.1 Å². The van der Waals surface area contributed by atoms with E-state index in [9.17, 15) is 9.59 Å². The fraction of sp³-hybridized carbons (Fsp3) is 0.143. The Kier molecular flexibility index (Phi) is 1.81. The Hall–Kier alpha value is -1.76. The van der Waals surface area contributed by atoms with Crippen molar-refractivity contribution >= 4 is 28.6 Å². The van der Waals surface area contributed by atoms with Crippen LogP contribution in [0.3, 0.4) is 0 Å². The van der Waals surface area contributed by atoms with E-state index in [2.05, 4.69) is 10.2 Å². The first-order valence-electron chi connectivity index (χ1n) is 3.68. The van der Waals surface area contributed by atoms with E-state index in [-0.39, 0.29) is 11.5 Å². The maximum absolute atomic E-state index is 10.9. The number of fused-ring (bicyclic) bond motifs is 1. The molecule has 0 bridgehead atoms. The Morgan fingerprint density at radius 3 is 2.86 bits per heavy atom. The number of thiazole rings is 1. The van der Waals surface area contributed by atoms with E-state index >= 15 is 0 Å². The van der Waals surface area contributed by atoms with E-state index in [1.54, 1.807) is 6.92 Å². The zero-order chi connectivity index (χ0) is 10.3. The monoisotopic (exact) mass is 211 g/mol. The van der Waals surface area contributed by atoms with E-state index < -0.39 is 5.97 Å². The lowest BCUT2D eigenvalue weighted by Crippen LogP contribution is -2.05. The van der Waals surface area contributed by atoms with Crippen LogP contribution in [0, 0.1) is 6.92 Å². The summed E-state index contributed by atoms with van der Waals surface area (Å²) in [7, 11) is 0. The zero-order valence-electron chi connectivity index (χ0n) is 7.09. The number of hydrogen-bond acceptors (Lipinski definition) is 5. The summed E-state index contributed by atoms with van der Waals surface area (Å²) >= 11 is 1.19. The smallest absolute Gasteiger partial charge is 0.354 e. The minimum atomic E-state index is -1.09. The lowest BCUT2D eigenvalue weighted by atomic mass is 10.4. The number of aldehydes is 1. The summed E-state index contributed by atoms with van der Waals surface area (Å²) in [5, 5.41) is 16.1. The van der Waals surface area contributed by atoms with Crippen LogP contribution in [-0.4, -0.2) is 32.0 Å². The SMILES string of the molecule is Cc1sc2nnc(C=O)n2c1C(=O)O. The standard InChI is InChI=1S/C7H5N3O3S/c1-3-5(6(12)13)10-4(2-11)8-9-7(10)14-3/h2H,1H3,(H,12,13). The van der Waals surface area contributed by atoms with Gasteiger partial charge in [0, 0.05) is 4.88 Å². The van der Waals surface area contributed by atoms with E-state index in [1.165, 1.54) is 15.7 Å². The molecule has 2 heterocycles. The predicted molar refractivity (Wildman–Crippen MR) is 47.9 cm³/mol. The summed E-state index contributed by atoms with van der Waals surface area (Å²) < 4.78 is 1.25. The molecular formula is C7H5N3O3S. The molecular weight excluding hydrogens is 206 g/mol. The first-order chi connectivity index (χ1) is 6.65. The highest BCUT2D eigenvalue weighted by Crippen LogP contribution is 2.21. The molecule has 0 aliphatic heterocycles. The van der Waals surface area contributed by atoms with Crippen molar-refractivity contribution in [3.05, 3.63) is 16.4 Å². The molecule has 2 aromatic rings. The van der Waals surface area contributed by atoms with Gasteiger partial charge in [-0.1, -0.05) is 11.3 Å². The largest absolute Gasteiger partial charge is 0.477 e. The Morgan fingerprint density at radius 2 is 2.29 bits per heavy atom. The molecule has 0 fully saturated rings. The van der Waals surface area contributed by atoms with Crippen LogP contribution in [0.2, 0.25) is 0 Å². The number of carboxylic acids is 1. The third-order valence-electron chi connectivity index (χ3n) is 1.77. The van der Waals surface area contributed by atoms with Crippen LogP contribution in [0.4, 0.5) is 0 Å². The maximum atomic E-state index is 10.9. The van der Waals surface area contributed by atoms with E-state index in [4.69, 9.17) is 5.11 Å². The summed E-state index contributed by atoms with van der Waals surface area (Å²) in [6, 6.07) is 0. The molecule has 0 aromatic carbocycles. The average molecular weight is 211 g/mol. The van der Waals surface area contributed by atoms with Crippen LogP contribution in [0.15, 0.2) is 0 Å². The molecule has 0 unspecified atom stereocenters. The number of aromatic nitrogens is 3. The van der Waals surface area contributed by atoms with Gasteiger partial charge in [0.05, 0.1) is 0 Å². The van der Waals surface area contributed by atoms with Crippen LogP contribution in [-0.2, 0) is 0 Å². The quantitative estimate of drug-likeness (QED) is 0.735. The molecule has 0 saturated heterocycles. The predicted octanol–water partition coefficient (Wildman–Crippen LogP) is 0.610. The van der Waals surface area contributed by atoms with Gasteiger partial charge in [-0.2, -0.15) is 0 Å². The number of nitrogens with zero attached hydrogens (tertiary/aromatic N) is 3. The Bertz CT molecular complexity index is 527. The fourth-order valence-electron chi connectivity index (χ4n) is 1.22. The molecule has 0 atom stereocenters. The van der Waals surface area contributed by atoms with Crippen LogP contribution >= 0.6 is 11.3 Å². The Balaban J connectivity index is 2.89.